The zero-order valence-electron chi connectivity index (χ0n) is 7.35. The normalized spacial score (nSPS) is 8.15. The molecular weight excluding hydrogens is 223 g/mol. The molecule has 0 aromatic heterocycles. The molecule has 0 N–H and O–H groups in total. The summed E-state index contributed by atoms with van der Waals surface area (Å²) in [5.74, 6) is 0. The van der Waals surface area contributed by atoms with E-state index >= 15 is 0 Å². The molecule has 0 bridgehead atoms. The maximum Gasteiger partial charge on any atom is 2.00 e. The first kappa shape index (κ1) is 12.5. The topological polar surface area (TPSA) is 0 Å². The first-order valence-corrected chi connectivity index (χ1v) is 4.23. The molecule has 2 heteroatoms. The Morgan fingerprint density at radius 1 is 1.15 bits per heavy atom. The zero-order valence-corrected chi connectivity index (χ0v) is 9.21. The molecule has 2 aromatic carbocycles. The number of hydrogen-bond donors (Lipinski definition) is 0. The summed E-state index contributed by atoms with van der Waals surface area (Å²) in [5.41, 5.74) is 1.15. The van der Waals surface area contributed by atoms with Crippen LogP contribution in [0.2, 0.25) is 5.02 Å². The van der Waals surface area contributed by atoms with E-state index in [1.807, 2.05) is 55.5 Å². The van der Waals surface area contributed by atoms with E-state index in [4.69, 9.17) is 11.6 Å². The summed E-state index contributed by atoms with van der Waals surface area (Å²) in [6.45, 7) is 1.99. The Morgan fingerprint density at radius 2 is 1.77 bits per heavy atom. The molecule has 0 aliphatic heterocycles. The van der Waals surface area contributed by atoms with Gasteiger partial charge in [-0.2, -0.15) is 35.9 Å². The fourth-order valence-electron chi connectivity index (χ4n) is 0.809. The number of aryl methyl sites for hydroxylation is 1. The molecule has 0 saturated carbocycles. The smallest absolute Gasteiger partial charge is 0.214 e. The van der Waals surface area contributed by atoms with Crippen LogP contribution in [0.1, 0.15) is 5.56 Å². The van der Waals surface area contributed by atoms with Gasteiger partial charge in [-0.05, 0) is 0 Å². The summed E-state index contributed by atoms with van der Waals surface area (Å²) in [7, 11) is 0. The van der Waals surface area contributed by atoms with E-state index in [2.05, 4.69) is 0 Å². The van der Waals surface area contributed by atoms with Crippen molar-refractivity contribution in [3.05, 3.63) is 59.1 Å². The predicted molar refractivity (Wildman–Crippen MR) is 53.8 cm³/mol. The molecule has 0 saturated heterocycles. The Labute approximate surface area is 94.7 Å². The summed E-state index contributed by atoms with van der Waals surface area (Å²) in [4.78, 5) is 0. The summed E-state index contributed by atoms with van der Waals surface area (Å²) in [6, 6.07) is 15.8. The van der Waals surface area contributed by atoms with Gasteiger partial charge in [0.15, 0.2) is 0 Å². The van der Waals surface area contributed by atoms with E-state index < -0.39 is 0 Å². The van der Waals surface area contributed by atoms with E-state index in [0.29, 0.717) is 0 Å². The third kappa shape index (κ3) is 4.94. The largest absolute Gasteiger partial charge is 2.00 e. The molecule has 0 aliphatic carbocycles. The summed E-state index contributed by atoms with van der Waals surface area (Å²) in [5, 5.41) is 0.861. The van der Waals surface area contributed by atoms with E-state index in [1.165, 1.54) is 0 Å². The van der Waals surface area contributed by atoms with Gasteiger partial charge in [-0.3, -0.25) is 0 Å². The van der Waals surface area contributed by atoms with Gasteiger partial charge in [-0.25, -0.2) is 18.2 Å². The van der Waals surface area contributed by atoms with Crippen molar-refractivity contribution in [1.82, 2.24) is 0 Å². The quantitative estimate of drug-likeness (QED) is 0.481. The Balaban J connectivity index is 0.000000215. The Kier molecular flexibility index (Phi) is 6.70. The van der Waals surface area contributed by atoms with Gasteiger partial charge < -0.3 is 0 Å². The average molecular weight is 235 g/mol. The van der Waals surface area contributed by atoms with Crippen molar-refractivity contribution in [3.63, 3.8) is 0 Å². The van der Waals surface area contributed by atoms with Gasteiger partial charge >= 0.3 is 17.1 Å². The van der Waals surface area contributed by atoms with Crippen LogP contribution in [0, 0.1) is 6.92 Å². The summed E-state index contributed by atoms with van der Waals surface area (Å²) < 4.78 is 0. The van der Waals surface area contributed by atoms with Crippen LogP contribution in [0.25, 0.3) is 0 Å². The number of hydrogen-bond acceptors (Lipinski definition) is 0. The van der Waals surface area contributed by atoms with Gasteiger partial charge in [-0.1, -0.05) is 11.9 Å². The van der Waals surface area contributed by atoms with Crippen LogP contribution in [-0.4, -0.2) is 0 Å². The van der Waals surface area contributed by atoms with Crippen LogP contribution in [0.4, 0.5) is 0 Å². The van der Waals surface area contributed by atoms with Crippen molar-refractivity contribution >= 4 is 11.6 Å². The van der Waals surface area contributed by atoms with Crippen molar-refractivity contribution in [2.24, 2.45) is 0 Å². The van der Waals surface area contributed by atoms with Gasteiger partial charge in [0.25, 0.3) is 0 Å². The maximum absolute atomic E-state index is 5.62. The van der Waals surface area contributed by atoms with Gasteiger partial charge in [0.2, 0.25) is 0 Å². The minimum Gasteiger partial charge on any atom is -0.214 e. The first-order valence-electron chi connectivity index (χ1n) is 3.85. The molecule has 13 heavy (non-hydrogen) atoms. The minimum absolute atomic E-state index is 0. The van der Waals surface area contributed by atoms with Crippen LogP contribution < -0.4 is 0 Å². The molecule has 2 rings (SSSR count). The molecule has 0 radical (unpaired) electrons. The van der Waals surface area contributed by atoms with E-state index in [9.17, 15) is 0 Å². The fraction of sp³-hybridized carbons (Fsp3) is 0.0909. The van der Waals surface area contributed by atoms with Crippen molar-refractivity contribution in [1.29, 1.82) is 0 Å². The number of rotatable bonds is 0. The van der Waals surface area contributed by atoms with Crippen molar-refractivity contribution < 1.29 is 17.1 Å². The molecular formula is C11H11ClFe. The maximum atomic E-state index is 5.62. The van der Waals surface area contributed by atoms with Crippen LogP contribution >= 0.6 is 11.6 Å². The van der Waals surface area contributed by atoms with Crippen molar-refractivity contribution in [3.8, 4) is 0 Å². The van der Waals surface area contributed by atoms with Crippen molar-refractivity contribution in [2.75, 3.05) is 0 Å². The molecule has 2 aromatic rings. The molecule has 70 valence electrons. The second-order valence-electron chi connectivity index (χ2n) is 2.52. The van der Waals surface area contributed by atoms with Gasteiger partial charge in [0, 0.05) is 0 Å². The van der Waals surface area contributed by atoms with Crippen molar-refractivity contribution in [2.45, 2.75) is 6.92 Å². The Hall–Kier alpha value is -0.491. The molecule has 0 heterocycles. The minimum atomic E-state index is 0. The van der Waals surface area contributed by atoms with Gasteiger partial charge in [-0.15, -0.1) is 11.6 Å². The summed E-state index contributed by atoms with van der Waals surface area (Å²) >= 11 is 5.62. The molecule has 0 nitrogen and oxygen atoms in total. The molecule has 0 fully saturated rings. The third-order valence-corrected chi connectivity index (χ3v) is 1.95. The number of halogens is 1. The molecule has 0 aliphatic rings. The standard InChI is InChI=1S/C6H6Cl.C5H5.Fe/c1-5-3-2-4-6(5)7;1-2-4-5-3-1;/h2-4H,1H3;1-5H;/q2*-1;+2. The molecule has 0 spiro atoms. The van der Waals surface area contributed by atoms with Crippen LogP contribution in [0.15, 0.2) is 48.5 Å². The summed E-state index contributed by atoms with van der Waals surface area (Å²) in [6.07, 6.45) is 0. The second-order valence-corrected chi connectivity index (χ2v) is 2.93. The van der Waals surface area contributed by atoms with Gasteiger partial charge in [0.1, 0.15) is 0 Å². The predicted octanol–water partition coefficient (Wildman–Crippen LogP) is 3.77. The molecule has 0 unspecified atom stereocenters. The van der Waals surface area contributed by atoms with E-state index in [1.54, 1.807) is 0 Å². The van der Waals surface area contributed by atoms with Crippen LogP contribution in [0.5, 0.6) is 0 Å². The SMILES string of the molecule is Cc1cc[cH-]c1Cl.[Fe+2].c1cc[cH-]c1. The monoisotopic (exact) mass is 234 g/mol. The first-order chi connectivity index (χ1) is 5.80. The zero-order chi connectivity index (χ0) is 8.81. The second kappa shape index (κ2) is 6.97. The fourth-order valence-corrected chi connectivity index (χ4v) is 0.944. The molecule has 0 amide bonds. The Morgan fingerprint density at radius 3 is 1.92 bits per heavy atom. The molecule has 0 atom stereocenters. The third-order valence-electron chi connectivity index (χ3n) is 1.52. The van der Waals surface area contributed by atoms with Gasteiger partial charge in [0.05, 0.1) is 0 Å². The van der Waals surface area contributed by atoms with Crippen LogP contribution in [0.3, 0.4) is 0 Å². The van der Waals surface area contributed by atoms with Crippen LogP contribution in [-0.2, 0) is 17.1 Å². The van der Waals surface area contributed by atoms with E-state index in [-0.39, 0.29) is 17.1 Å². The average Bonchev–Trinajstić information content (AvgIpc) is 2.67. The van der Waals surface area contributed by atoms with E-state index in [0.717, 1.165) is 10.6 Å². The Bertz CT molecular complexity index is 262.